The lowest BCUT2D eigenvalue weighted by atomic mass is 9.89. The summed E-state index contributed by atoms with van der Waals surface area (Å²) in [6.45, 7) is 5.16. The summed E-state index contributed by atoms with van der Waals surface area (Å²) in [5.74, 6) is 0.583. The number of carbonyl (C=O) groups excluding carboxylic acids is 4. The molecule has 1 unspecified atom stereocenters. The molecule has 0 saturated carbocycles. The molecule has 0 aromatic rings. The molecule has 0 aliphatic carbocycles. The van der Waals surface area contributed by atoms with Crippen molar-refractivity contribution in [3.05, 3.63) is 0 Å². The maximum Gasteiger partial charge on any atom is 0.133 e. The first kappa shape index (κ1) is 19.7. The Kier molecular flexibility index (Phi) is 10.6. The minimum atomic E-state index is 0.0774. The van der Waals surface area contributed by atoms with Crippen LogP contribution in [-0.2, 0) is 19.2 Å². The summed E-state index contributed by atoms with van der Waals surface area (Å²) in [5, 5.41) is 0. The van der Waals surface area contributed by atoms with Crippen LogP contribution >= 0.6 is 0 Å². The normalized spacial score (nSPS) is 12.0. The Hall–Kier alpha value is -1.32. The molecular weight excluding hydrogens is 268 g/mol. The van der Waals surface area contributed by atoms with E-state index in [2.05, 4.69) is 0 Å². The molecule has 0 N–H and O–H groups in total. The Morgan fingerprint density at radius 2 is 1.24 bits per heavy atom. The van der Waals surface area contributed by atoms with Gasteiger partial charge in [-0.2, -0.15) is 0 Å². The summed E-state index contributed by atoms with van der Waals surface area (Å²) in [6, 6.07) is 0. The first-order chi connectivity index (χ1) is 9.88. The zero-order valence-electron chi connectivity index (χ0n) is 13.6. The van der Waals surface area contributed by atoms with Crippen molar-refractivity contribution >= 4 is 23.1 Å². The Morgan fingerprint density at radius 1 is 0.714 bits per heavy atom. The molecular formula is C17H28O4. The van der Waals surface area contributed by atoms with Gasteiger partial charge in [-0.1, -0.05) is 13.8 Å². The lowest BCUT2D eigenvalue weighted by Gasteiger charge is -2.14. The number of Topliss-reactive ketones (excluding diaryl/α,β-unsaturated/α-hetero) is 4. The van der Waals surface area contributed by atoms with E-state index in [-0.39, 0.29) is 29.1 Å². The molecule has 0 aromatic heterocycles. The summed E-state index contributed by atoms with van der Waals surface area (Å²) in [6.07, 6.45) is 4.20. The van der Waals surface area contributed by atoms with Gasteiger partial charge in [0.05, 0.1) is 0 Å². The van der Waals surface area contributed by atoms with Gasteiger partial charge in [0.25, 0.3) is 0 Å². The van der Waals surface area contributed by atoms with Gasteiger partial charge >= 0.3 is 0 Å². The molecule has 0 radical (unpaired) electrons. The van der Waals surface area contributed by atoms with Gasteiger partial charge in [-0.05, 0) is 25.7 Å². The van der Waals surface area contributed by atoms with Crippen molar-refractivity contribution in [1.82, 2.24) is 0 Å². The van der Waals surface area contributed by atoms with Crippen LogP contribution in [0.1, 0.15) is 78.6 Å². The third-order valence-corrected chi connectivity index (χ3v) is 3.72. The van der Waals surface area contributed by atoms with Gasteiger partial charge in [-0.15, -0.1) is 0 Å². The van der Waals surface area contributed by atoms with E-state index in [0.717, 1.165) is 0 Å². The van der Waals surface area contributed by atoms with E-state index in [1.807, 2.05) is 6.92 Å². The zero-order valence-corrected chi connectivity index (χ0v) is 13.6. The van der Waals surface area contributed by atoms with Crippen LogP contribution in [0.5, 0.6) is 0 Å². The van der Waals surface area contributed by atoms with E-state index in [0.29, 0.717) is 57.8 Å². The predicted molar refractivity (Wildman–Crippen MR) is 82.1 cm³/mol. The Balaban J connectivity index is 4.19. The third kappa shape index (κ3) is 11.1. The maximum absolute atomic E-state index is 11.8. The van der Waals surface area contributed by atoms with Crippen LogP contribution in [0.3, 0.4) is 0 Å². The van der Waals surface area contributed by atoms with Gasteiger partial charge in [0.2, 0.25) is 0 Å². The van der Waals surface area contributed by atoms with E-state index in [9.17, 15) is 19.2 Å². The fourth-order valence-electron chi connectivity index (χ4n) is 2.17. The molecule has 0 bridgehead atoms. The summed E-state index contributed by atoms with van der Waals surface area (Å²) in [5.41, 5.74) is 0. The summed E-state index contributed by atoms with van der Waals surface area (Å²) in [7, 11) is 0. The van der Waals surface area contributed by atoms with Crippen molar-refractivity contribution < 1.29 is 19.2 Å². The number of ketones is 4. The van der Waals surface area contributed by atoms with E-state index >= 15 is 0 Å². The summed E-state index contributed by atoms with van der Waals surface area (Å²) >= 11 is 0. The topological polar surface area (TPSA) is 68.3 Å². The minimum Gasteiger partial charge on any atom is -0.300 e. The molecule has 21 heavy (non-hydrogen) atoms. The van der Waals surface area contributed by atoms with Crippen LogP contribution in [-0.4, -0.2) is 23.1 Å². The van der Waals surface area contributed by atoms with Crippen molar-refractivity contribution in [3.63, 3.8) is 0 Å². The second-order valence-corrected chi connectivity index (χ2v) is 5.67. The highest BCUT2D eigenvalue weighted by molar-refractivity contribution is 5.85. The zero-order chi connectivity index (χ0) is 16.3. The smallest absolute Gasteiger partial charge is 0.133 e. The number of rotatable bonds is 13. The highest BCUT2D eigenvalue weighted by Crippen LogP contribution is 2.20. The van der Waals surface area contributed by atoms with Crippen LogP contribution < -0.4 is 0 Å². The molecule has 4 nitrogen and oxygen atoms in total. The molecule has 0 saturated heterocycles. The number of hydrogen-bond acceptors (Lipinski definition) is 4. The van der Waals surface area contributed by atoms with E-state index in [1.54, 1.807) is 13.8 Å². The average molecular weight is 296 g/mol. The van der Waals surface area contributed by atoms with Crippen LogP contribution in [0.25, 0.3) is 0 Å². The van der Waals surface area contributed by atoms with Gasteiger partial charge < -0.3 is 4.79 Å². The van der Waals surface area contributed by atoms with Crippen molar-refractivity contribution in [2.45, 2.75) is 78.6 Å². The van der Waals surface area contributed by atoms with Crippen molar-refractivity contribution in [2.24, 2.45) is 5.92 Å². The second kappa shape index (κ2) is 11.4. The highest BCUT2D eigenvalue weighted by atomic mass is 16.1. The van der Waals surface area contributed by atoms with Crippen molar-refractivity contribution in [2.75, 3.05) is 0 Å². The molecule has 0 rings (SSSR count). The Bertz CT molecular complexity index is 371. The lowest BCUT2D eigenvalue weighted by molar-refractivity contribution is -0.124. The largest absolute Gasteiger partial charge is 0.300 e. The molecule has 0 heterocycles. The fraction of sp³-hybridized carbons (Fsp3) is 0.765. The van der Waals surface area contributed by atoms with Gasteiger partial charge in [-0.25, -0.2) is 0 Å². The molecule has 0 aromatic carbocycles. The third-order valence-electron chi connectivity index (χ3n) is 3.72. The quantitative estimate of drug-likeness (QED) is 0.522. The van der Waals surface area contributed by atoms with Gasteiger partial charge in [0, 0.05) is 44.9 Å². The highest BCUT2D eigenvalue weighted by Gasteiger charge is 2.16. The number of carbonyl (C=O) groups is 4. The monoisotopic (exact) mass is 296 g/mol. The average Bonchev–Trinajstić information content (AvgIpc) is 2.46. The Labute approximate surface area is 127 Å². The van der Waals surface area contributed by atoms with Crippen LogP contribution in [0, 0.1) is 5.92 Å². The van der Waals surface area contributed by atoms with E-state index < -0.39 is 0 Å². The van der Waals surface area contributed by atoms with Gasteiger partial charge in [-0.3, -0.25) is 14.4 Å². The van der Waals surface area contributed by atoms with Crippen LogP contribution in [0.4, 0.5) is 0 Å². The first-order valence-corrected chi connectivity index (χ1v) is 7.93. The second-order valence-electron chi connectivity index (χ2n) is 5.67. The van der Waals surface area contributed by atoms with E-state index in [4.69, 9.17) is 0 Å². The standard InChI is InChI=1S/C17H28O4/c1-4-15(19)10-11-17(21)9-8-14(7-6-13(3)18)12-16(20)5-2/h14H,4-12H2,1-3H3. The van der Waals surface area contributed by atoms with Crippen molar-refractivity contribution in [3.8, 4) is 0 Å². The molecule has 1 atom stereocenters. The molecule has 0 fully saturated rings. The summed E-state index contributed by atoms with van der Waals surface area (Å²) in [4.78, 5) is 45.6. The molecule has 0 aliphatic rings. The molecule has 4 heteroatoms. The van der Waals surface area contributed by atoms with Gasteiger partial charge in [0.15, 0.2) is 0 Å². The van der Waals surface area contributed by atoms with Crippen LogP contribution in [0.2, 0.25) is 0 Å². The van der Waals surface area contributed by atoms with Crippen LogP contribution in [0.15, 0.2) is 0 Å². The predicted octanol–water partition coefficient (Wildman–Crippen LogP) is 3.45. The molecule has 0 amide bonds. The molecule has 0 aliphatic heterocycles. The fourth-order valence-corrected chi connectivity index (χ4v) is 2.17. The van der Waals surface area contributed by atoms with Crippen molar-refractivity contribution in [1.29, 1.82) is 0 Å². The molecule has 120 valence electrons. The Morgan fingerprint density at radius 3 is 1.76 bits per heavy atom. The maximum atomic E-state index is 11.8. The SMILES string of the molecule is CCC(=O)CCC(=O)CCC(CCC(C)=O)CC(=O)CC. The minimum absolute atomic E-state index is 0.0774. The lowest BCUT2D eigenvalue weighted by Crippen LogP contribution is -2.12. The first-order valence-electron chi connectivity index (χ1n) is 7.93. The molecule has 0 spiro atoms. The van der Waals surface area contributed by atoms with E-state index in [1.165, 1.54) is 0 Å². The summed E-state index contributed by atoms with van der Waals surface area (Å²) < 4.78 is 0. The van der Waals surface area contributed by atoms with Gasteiger partial charge in [0.1, 0.15) is 23.1 Å². The number of hydrogen-bond donors (Lipinski definition) is 0.